The highest BCUT2D eigenvalue weighted by Gasteiger charge is 2.03. The molecule has 0 aliphatic heterocycles. The number of aromatic hydroxyl groups is 2. The lowest BCUT2D eigenvalue weighted by Crippen LogP contribution is -2.11. The van der Waals surface area contributed by atoms with E-state index in [4.69, 9.17) is 5.73 Å². The quantitative estimate of drug-likeness (QED) is 0.629. The SMILES string of the molecule is NC(=O)c1cccc(NCc2ccc(O)c(O)c2)c1. The van der Waals surface area contributed by atoms with Crippen molar-refractivity contribution in [2.75, 3.05) is 5.32 Å². The van der Waals surface area contributed by atoms with Crippen LogP contribution in [0.25, 0.3) is 0 Å². The van der Waals surface area contributed by atoms with Crippen molar-refractivity contribution in [3.63, 3.8) is 0 Å². The largest absolute Gasteiger partial charge is 0.504 e. The van der Waals surface area contributed by atoms with E-state index in [0.717, 1.165) is 11.3 Å². The summed E-state index contributed by atoms with van der Waals surface area (Å²) in [6.45, 7) is 0.454. The van der Waals surface area contributed by atoms with Gasteiger partial charge in [0.25, 0.3) is 0 Å². The third-order valence-corrected chi connectivity index (χ3v) is 2.68. The van der Waals surface area contributed by atoms with Crippen LogP contribution in [0.3, 0.4) is 0 Å². The Kier molecular flexibility index (Phi) is 3.56. The average molecular weight is 258 g/mol. The van der Waals surface area contributed by atoms with E-state index in [1.165, 1.54) is 12.1 Å². The van der Waals surface area contributed by atoms with Gasteiger partial charge in [-0.25, -0.2) is 0 Å². The van der Waals surface area contributed by atoms with E-state index in [1.807, 2.05) is 6.07 Å². The second-order valence-electron chi connectivity index (χ2n) is 4.12. The van der Waals surface area contributed by atoms with Crippen LogP contribution in [0.15, 0.2) is 42.5 Å². The summed E-state index contributed by atoms with van der Waals surface area (Å²) >= 11 is 0. The molecule has 0 spiro atoms. The number of nitrogens with one attached hydrogen (secondary N) is 1. The smallest absolute Gasteiger partial charge is 0.248 e. The fourth-order valence-electron chi connectivity index (χ4n) is 1.67. The summed E-state index contributed by atoms with van der Waals surface area (Å²) < 4.78 is 0. The molecule has 2 aromatic rings. The molecule has 2 rings (SSSR count). The maximum Gasteiger partial charge on any atom is 0.248 e. The molecular formula is C14H14N2O3. The Balaban J connectivity index is 2.07. The van der Waals surface area contributed by atoms with Crippen molar-refractivity contribution in [1.29, 1.82) is 0 Å². The molecular weight excluding hydrogens is 244 g/mol. The van der Waals surface area contributed by atoms with Crippen molar-refractivity contribution in [2.45, 2.75) is 6.54 Å². The highest BCUT2D eigenvalue weighted by Crippen LogP contribution is 2.25. The molecule has 0 unspecified atom stereocenters. The first-order valence-corrected chi connectivity index (χ1v) is 5.71. The van der Waals surface area contributed by atoms with Crippen molar-refractivity contribution in [3.05, 3.63) is 53.6 Å². The van der Waals surface area contributed by atoms with Gasteiger partial charge in [-0.3, -0.25) is 4.79 Å². The van der Waals surface area contributed by atoms with Crippen LogP contribution in [0.5, 0.6) is 11.5 Å². The van der Waals surface area contributed by atoms with Crippen LogP contribution < -0.4 is 11.1 Å². The number of anilines is 1. The first-order valence-electron chi connectivity index (χ1n) is 5.71. The number of amides is 1. The Morgan fingerprint density at radius 1 is 1.11 bits per heavy atom. The monoisotopic (exact) mass is 258 g/mol. The molecule has 0 saturated carbocycles. The van der Waals surface area contributed by atoms with Gasteiger partial charge in [-0.1, -0.05) is 12.1 Å². The van der Waals surface area contributed by atoms with Crippen molar-refractivity contribution in [1.82, 2.24) is 0 Å². The van der Waals surface area contributed by atoms with Gasteiger partial charge in [-0.05, 0) is 35.9 Å². The summed E-state index contributed by atoms with van der Waals surface area (Å²) in [7, 11) is 0. The Hall–Kier alpha value is -2.69. The Labute approximate surface area is 110 Å². The molecule has 0 aliphatic rings. The highest BCUT2D eigenvalue weighted by molar-refractivity contribution is 5.93. The summed E-state index contributed by atoms with van der Waals surface area (Å²) in [5.41, 5.74) is 7.19. The number of nitrogens with two attached hydrogens (primary N) is 1. The van der Waals surface area contributed by atoms with Crippen LogP contribution in [0.2, 0.25) is 0 Å². The van der Waals surface area contributed by atoms with Crippen molar-refractivity contribution < 1.29 is 15.0 Å². The number of rotatable bonds is 4. The van der Waals surface area contributed by atoms with Crippen molar-refractivity contribution in [3.8, 4) is 11.5 Å². The molecule has 5 nitrogen and oxygen atoms in total. The molecule has 0 fully saturated rings. The minimum atomic E-state index is -0.481. The number of phenols is 2. The molecule has 2 aromatic carbocycles. The number of primary amides is 1. The molecule has 5 heteroatoms. The fourth-order valence-corrected chi connectivity index (χ4v) is 1.67. The summed E-state index contributed by atoms with van der Waals surface area (Å²) in [5.74, 6) is -0.796. The first-order chi connectivity index (χ1) is 9.06. The predicted molar refractivity (Wildman–Crippen MR) is 72.1 cm³/mol. The lowest BCUT2D eigenvalue weighted by atomic mass is 10.1. The summed E-state index contributed by atoms with van der Waals surface area (Å²) in [6, 6.07) is 11.4. The van der Waals surface area contributed by atoms with Gasteiger partial charge < -0.3 is 21.3 Å². The minimum Gasteiger partial charge on any atom is -0.504 e. The molecule has 0 bridgehead atoms. The first kappa shape index (κ1) is 12.8. The molecule has 5 N–H and O–H groups in total. The van der Waals surface area contributed by atoms with Crippen LogP contribution in [-0.4, -0.2) is 16.1 Å². The number of carbonyl (C=O) groups excluding carboxylic acids is 1. The average Bonchev–Trinajstić information content (AvgIpc) is 2.40. The summed E-state index contributed by atoms with van der Waals surface area (Å²) in [5, 5.41) is 21.7. The molecule has 0 aliphatic carbocycles. The Morgan fingerprint density at radius 3 is 2.58 bits per heavy atom. The predicted octanol–water partition coefficient (Wildman–Crippen LogP) is 1.81. The zero-order valence-corrected chi connectivity index (χ0v) is 10.1. The minimum absolute atomic E-state index is 0.153. The molecule has 0 radical (unpaired) electrons. The van der Waals surface area contributed by atoms with Gasteiger partial charge >= 0.3 is 0 Å². The number of carbonyl (C=O) groups is 1. The third kappa shape index (κ3) is 3.16. The lowest BCUT2D eigenvalue weighted by molar-refractivity contribution is 0.100. The summed E-state index contributed by atoms with van der Waals surface area (Å²) in [6.07, 6.45) is 0. The fraction of sp³-hybridized carbons (Fsp3) is 0.0714. The van der Waals surface area contributed by atoms with Crippen LogP contribution in [-0.2, 0) is 6.54 Å². The van der Waals surface area contributed by atoms with Gasteiger partial charge in [0.15, 0.2) is 11.5 Å². The standard InChI is InChI=1S/C14H14N2O3/c15-14(19)10-2-1-3-11(7-10)16-8-9-4-5-12(17)13(18)6-9/h1-7,16-18H,8H2,(H2,15,19). The van der Waals surface area contributed by atoms with Gasteiger partial charge in [0.2, 0.25) is 5.91 Å². The van der Waals surface area contributed by atoms with E-state index in [2.05, 4.69) is 5.32 Å². The second kappa shape index (κ2) is 5.30. The molecule has 98 valence electrons. The van der Waals surface area contributed by atoms with Gasteiger partial charge in [0.05, 0.1) is 0 Å². The molecule has 1 amide bonds. The third-order valence-electron chi connectivity index (χ3n) is 2.68. The van der Waals surface area contributed by atoms with Crippen molar-refractivity contribution in [2.24, 2.45) is 5.73 Å². The van der Waals surface area contributed by atoms with E-state index >= 15 is 0 Å². The molecule has 0 aromatic heterocycles. The summed E-state index contributed by atoms with van der Waals surface area (Å²) in [4.78, 5) is 11.0. The number of phenolic OH excluding ortho intramolecular Hbond substituents is 2. The maximum atomic E-state index is 11.0. The number of hydrogen-bond donors (Lipinski definition) is 4. The normalized spacial score (nSPS) is 10.1. The maximum absolute atomic E-state index is 11.0. The Morgan fingerprint density at radius 2 is 1.89 bits per heavy atom. The van der Waals surface area contributed by atoms with Gasteiger partial charge in [-0.2, -0.15) is 0 Å². The van der Waals surface area contributed by atoms with Gasteiger partial charge in [-0.15, -0.1) is 0 Å². The van der Waals surface area contributed by atoms with Crippen LogP contribution >= 0.6 is 0 Å². The molecule has 0 atom stereocenters. The van der Waals surface area contributed by atoms with Crippen LogP contribution in [0.1, 0.15) is 15.9 Å². The number of hydrogen-bond acceptors (Lipinski definition) is 4. The van der Waals surface area contributed by atoms with Crippen LogP contribution in [0.4, 0.5) is 5.69 Å². The van der Waals surface area contributed by atoms with Gasteiger partial charge in [0.1, 0.15) is 0 Å². The number of benzene rings is 2. The van der Waals surface area contributed by atoms with E-state index in [0.29, 0.717) is 12.1 Å². The van der Waals surface area contributed by atoms with E-state index < -0.39 is 5.91 Å². The Bertz CT molecular complexity index is 611. The topological polar surface area (TPSA) is 95.6 Å². The van der Waals surface area contributed by atoms with Gasteiger partial charge in [0, 0.05) is 17.8 Å². The highest BCUT2D eigenvalue weighted by atomic mass is 16.3. The molecule has 0 saturated heterocycles. The van der Waals surface area contributed by atoms with E-state index in [-0.39, 0.29) is 11.5 Å². The second-order valence-corrected chi connectivity index (χ2v) is 4.12. The van der Waals surface area contributed by atoms with Crippen LogP contribution in [0, 0.1) is 0 Å². The molecule has 0 heterocycles. The van der Waals surface area contributed by atoms with E-state index in [9.17, 15) is 15.0 Å². The van der Waals surface area contributed by atoms with E-state index in [1.54, 1.807) is 24.3 Å². The lowest BCUT2D eigenvalue weighted by Gasteiger charge is -2.08. The molecule has 19 heavy (non-hydrogen) atoms. The van der Waals surface area contributed by atoms with Crippen molar-refractivity contribution >= 4 is 11.6 Å². The zero-order valence-electron chi connectivity index (χ0n) is 10.1. The zero-order chi connectivity index (χ0) is 13.8.